The lowest BCUT2D eigenvalue weighted by molar-refractivity contribution is 0.353. The topological polar surface area (TPSA) is 66.7 Å². The highest BCUT2D eigenvalue weighted by Gasteiger charge is 2.40. The first-order valence-corrected chi connectivity index (χ1v) is 9.28. The number of aromatic nitrogens is 1. The molecule has 1 fully saturated rings. The van der Waals surface area contributed by atoms with Crippen LogP contribution >= 0.6 is 0 Å². The number of aryl methyl sites for hydroxylation is 1. The van der Waals surface area contributed by atoms with Crippen molar-refractivity contribution in [3.8, 4) is 0 Å². The van der Waals surface area contributed by atoms with Crippen molar-refractivity contribution < 1.29 is 8.42 Å². The van der Waals surface area contributed by atoms with Gasteiger partial charge < -0.3 is 14.8 Å². The van der Waals surface area contributed by atoms with Gasteiger partial charge in [0.05, 0.1) is 17.0 Å². The fraction of sp³-hybridized carbons (Fsp3) is 0.667. The third-order valence-electron chi connectivity index (χ3n) is 4.12. The molecule has 0 bridgehead atoms. The first-order chi connectivity index (χ1) is 10.3. The Morgan fingerprint density at radius 3 is 2.73 bits per heavy atom. The summed E-state index contributed by atoms with van der Waals surface area (Å²) in [7, 11) is -1.04. The fourth-order valence-electron chi connectivity index (χ4n) is 2.57. The second-order valence-corrected chi connectivity index (χ2v) is 9.02. The summed E-state index contributed by atoms with van der Waals surface area (Å²) >= 11 is 0. The highest BCUT2D eigenvalue weighted by atomic mass is 32.2. The van der Waals surface area contributed by atoms with E-state index in [1.165, 1.54) is 0 Å². The lowest BCUT2D eigenvalue weighted by Gasteiger charge is -2.39. The Bertz CT molecular complexity index is 646. The predicted molar refractivity (Wildman–Crippen MR) is 89.7 cm³/mol. The Kier molecular flexibility index (Phi) is 4.84. The number of guanidine groups is 1. The summed E-state index contributed by atoms with van der Waals surface area (Å²) in [5, 5.41) is 3.27. The largest absolute Gasteiger partial charge is 0.357 e. The average Bonchev–Trinajstić information content (AvgIpc) is 2.83. The van der Waals surface area contributed by atoms with Gasteiger partial charge >= 0.3 is 0 Å². The van der Waals surface area contributed by atoms with E-state index < -0.39 is 14.6 Å². The van der Waals surface area contributed by atoms with Gasteiger partial charge in [0.15, 0.2) is 15.8 Å². The van der Waals surface area contributed by atoms with Crippen LogP contribution in [-0.4, -0.2) is 54.0 Å². The van der Waals surface area contributed by atoms with Crippen LogP contribution in [0, 0.1) is 0 Å². The zero-order chi connectivity index (χ0) is 16.4. The van der Waals surface area contributed by atoms with Crippen molar-refractivity contribution in [3.05, 3.63) is 24.0 Å². The average molecular weight is 326 g/mol. The van der Waals surface area contributed by atoms with Crippen molar-refractivity contribution in [1.82, 2.24) is 14.8 Å². The number of hydrogen-bond acceptors (Lipinski definition) is 3. The third kappa shape index (κ3) is 3.45. The molecule has 1 aromatic rings. The number of hydrogen-bond donors (Lipinski definition) is 1. The van der Waals surface area contributed by atoms with E-state index >= 15 is 0 Å². The van der Waals surface area contributed by atoms with Crippen molar-refractivity contribution in [2.45, 2.75) is 32.1 Å². The highest BCUT2D eigenvalue weighted by Crippen LogP contribution is 2.23. The molecule has 1 aromatic heterocycles. The van der Waals surface area contributed by atoms with Gasteiger partial charge in [-0.1, -0.05) is 0 Å². The van der Waals surface area contributed by atoms with Gasteiger partial charge in [0.25, 0.3) is 0 Å². The van der Waals surface area contributed by atoms with E-state index in [0.29, 0.717) is 19.6 Å². The number of sulfone groups is 1. The minimum Gasteiger partial charge on any atom is -0.357 e. The summed E-state index contributed by atoms with van der Waals surface area (Å²) in [6.45, 7) is 7.89. The van der Waals surface area contributed by atoms with Gasteiger partial charge in [0.2, 0.25) is 0 Å². The molecule has 1 aliphatic heterocycles. The standard InChI is InChI=1S/C15H26N4O2S/c1-5-16-14(17-11-13-7-6-8-18(13)4)19-9-10-22(20,21)15(2,3)12-19/h6-8H,5,9-12H2,1-4H3,(H,16,17). The first-order valence-electron chi connectivity index (χ1n) is 7.62. The van der Waals surface area contributed by atoms with Gasteiger partial charge in [-0.15, -0.1) is 0 Å². The summed E-state index contributed by atoms with van der Waals surface area (Å²) in [5.74, 6) is 0.959. The van der Waals surface area contributed by atoms with Crippen LogP contribution < -0.4 is 5.32 Å². The van der Waals surface area contributed by atoms with Gasteiger partial charge in [0.1, 0.15) is 0 Å². The van der Waals surface area contributed by atoms with Crippen molar-refractivity contribution in [1.29, 1.82) is 0 Å². The molecule has 7 heteroatoms. The maximum Gasteiger partial charge on any atom is 0.194 e. The van der Waals surface area contributed by atoms with Crippen LogP contribution in [0.2, 0.25) is 0 Å². The van der Waals surface area contributed by atoms with E-state index in [2.05, 4.69) is 10.3 Å². The monoisotopic (exact) mass is 326 g/mol. The molecule has 1 aliphatic rings. The summed E-state index contributed by atoms with van der Waals surface area (Å²) < 4.78 is 25.6. The molecule has 0 radical (unpaired) electrons. The second kappa shape index (κ2) is 6.32. The van der Waals surface area contributed by atoms with E-state index in [1.54, 1.807) is 13.8 Å². The predicted octanol–water partition coefficient (Wildman–Crippen LogP) is 1.000. The Labute approximate surface area is 133 Å². The minimum absolute atomic E-state index is 0.175. The summed E-state index contributed by atoms with van der Waals surface area (Å²) in [6, 6.07) is 4.03. The van der Waals surface area contributed by atoms with E-state index in [-0.39, 0.29) is 5.75 Å². The second-order valence-electron chi connectivity index (χ2n) is 6.28. The molecule has 0 saturated carbocycles. The van der Waals surface area contributed by atoms with Gasteiger partial charge in [-0.3, -0.25) is 0 Å². The van der Waals surface area contributed by atoms with E-state index in [9.17, 15) is 8.42 Å². The smallest absolute Gasteiger partial charge is 0.194 e. The van der Waals surface area contributed by atoms with E-state index in [1.807, 2.05) is 41.8 Å². The van der Waals surface area contributed by atoms with Crippen molar-refractivity contribution in [2.75, 3.05) is 25.4 Å². The van der Waals surface area contributed by atoms with Crippen molar-refractivity contribution in [3.63, 3.8) is 0 Å². The van der Waals surface area contributed by atoms with Crippen LogP contribution in [-0.2, 0) is 23.4 Å². The lowest BCUT2D eigenvalue weighted by atomic mass is 10.2. The van der Waals surface area contributed by atoms with Gasteiger partial charge in [-0.25, -0.2) is 13.4 Å². The number of aliphatic imine (C=N–C) groups is 1. The number of nitrogens with zero attached hydrogens (tertiary/aromatic N) is 3. The maximum atomic E-state index is 12.1. The number of nitrogens with one attached hydrogen (secondary N) is 1. The molecule has 2 heterocycles. The summed E-state index contributed by atoms with van der Waals surface area (Å²) in [5.41, 5.74) is 1.12. The van der Waals surface area contributed by atoms with E-state index in [4.69, 9.17) is 0 Å². The molecule has 0 aliphatic carbocycles. The molecule has 1 N–H and O–H groups in total. The van der Waals surface area contributed by atoms with Crippen LogP contribution in [0.1, 0.15) is 26.5 Å². The zero-order valence-electron chi connectivity index (χ0n) is 13.8. The Balaban J connectivity index is 2.16. The number of rotatable bonds is 3. The normalized spacial score (nSPS) is 20.9. The molecular formula is C15H26N4O2S. The molecular weight excluding hydrogens is 300 g/mol. The van der Waals surface area contributed by atoms with Gasteiger partial charge in [-0.05, 0) is 32.9 Å². The van der Waals surface area contributed by atoms with Crippen LogP contribution in [0.15, 0.2) is 23.3 Å². The van der Waals surface area contributed by atoms with Crippen LogP contribution in [0.5, 0.6) is 0 Å². The first kappa shape index (κ1) is 16.9. The van der Waals surface area contributed by atoms with Crippen LogP contribution in [0.3, 0.4) is 0 Å². The Hall–Kier alpha value is -1.50. The van der Waals surface area contributed by atoms with Crippen LogP contribution in [0.25, 0.3) is 0 Å². The molecule has 22 heavy (non-hydrogen) atoms. The van der Waals surface area contributed by atoms with Crippen LogP contribution in [0.4, 0.5) is 0 Å². The molecule has 0 atom stereocenters. The molecule has 0 unspecified atom stereocenters. The SMILES string of the molecule is CCNC(=NCc1cccn1C)N1CCS(=O)(=O)C(C)(C)C1. The quantitative estimate of drug-likeness (QED) is 0.665. The van der Waals surface area contributed by atoms with Crippen molar-refractivity contribution in [2.24, 2.45) is 12.0 Å². The third-order valence-corrected chi connectivity index (χ3v) is 6.65. The molecule has 0 aromatic carbocycles. The Morgan fingerprint density at radius 2 is 2.18 bits per heavy atom. The van der Waals surface area contributed by atoms with Crippen molar-refractivity contribution >= 4 is 15.8 Å². The fourth-order valence-corrected chi connectivity index (χ4v) is 3.93. The molecule has 6 nitrogen and oxygen atoms in total. The minimum atomic E-state index is -3.04. The molecule has 0 spiro atoms. The Morgan fingerprint density at radius 1 is 1.45 bits per heavy atom. The lowest BCUT2D eigenvalue weighted by Crippen LogP contribution is -2.57. The molecule has 1 saturated heterocycles. The maximum absolute atomic E-state index is 12.1. The molecule has 2 rings (SSSR count). The van der Waals surface area contributed by atoms with Gasteiger partial charge in [0, 0.05) is 38.6 Å². The summed E-state index contributed by atoms with van der Waals surface area (Å²) in [4.78, 5) is 6.72. The van der Waals surface area contributed by atoms with Gasteiger partial charge in [-0.2, -0.15) is 0 Å². The highest BCUT2D eigenvalue weighted by molar-refractivity contribution is 7.92. The van der Waals surface area contributed by atoms with E-state index in [0.717, 1.165) is 18.2 Å². The summed E-state index contributed by atoms with van der Waals surface area (Å²) in [6.07, 6.45) is 1.99. The zero-order valence-corrected chi connectivity index (χ0v) is 14.7. The molecule has 0 amide bonds. The molecule has 124 valence electrons.